The zero-order valence-corrected chi connectivity index (χ0v) is 11.5. The van der Waals surface area contributed by atoms with Crippen LogP contribution in [0.5, 0.6) is 5.75 Å². The van der Waals surface area contributed by atoms with Gasteiger partial charge in [-0.05, 0) is 25.1 Å². The van der Waals surface area contributed by atoms with Crippen LogP contribution in [0.4, 0.5) is 0 Å². The zero-order valence-electron chi connectivity index (χ0n) is 11.5. The van der Waals surface area contributed by atoms with Crippen molar-refractivity contribution in [3.05, 3.63) is 59.6 Å². The number of furan rings is 1. The molecule has 3 rings (SSSR count). The number of hydrogen-bond acceptors (Lipinski definition) is 4. The molecule has 0 aliphatic rings. The highest BCUT2D eigenvalue weighted by Gasteiger charge is 2.18. The van der Waals surface area contributed by atoms with Gasteiger partial charge in [0, 0.05) is 23.5 Å². The number of amides is 1. The molecule has 21 heavy (non-hydrogen) atoms. The van der Waals surface area contributed by atoms with Crippen LogP contribution in [0.3, 0.4) is 0 Å². The average molecular weight is 282 g/mol. The Balaban J connectivity index is 1.97. The summed E-state index contributed by atoms with van der Waals surface area (Å²) in [4.78, 5) is 15.4. The van der Waals surface area contributed by atoms with E-state index in [0.717, 1.165) is 10.9 Å². The molecule has 0 aliphatic heterocycles. The molecule has 0 aliphatic carbocycles. The van der Waals surface area contributed by atoms with E-state index < -0.39 is 5.91 Å². The number of hydrogen-bond donors (Lipinski definition) is 1. The van der Waals surface area contributed by atoms with Crippen molar-refractivity contribution in [3.63, 3.8) is 0 Å². The fourth-order valence-corrected chi connectivity index (χ4v) is 2.27. The second-order valence-electron chi connectivity index (χ2n) is 4.70. The smallest absolute Gasteiger partial charge is 0.284 e. The number of primary amides is 1. The van der Waals surface area contributed by atoms with Gasteiger partial charge in [0.05, 0.1) is 5.39 Å². The summed E-state index contributed by atoms with van der Waals surface area (Å²) in [5, 5.41) is 0.773. The van der Waals surface area contributed by atoms with Gasteiger partial charge in [0.15, 0.2) is 5.76 Å². The van der Waals surface area contributed by atoms with E-state index in [4.69, 9.17) is 14.9 Å². The highest BCUT2D eigenvalue weighted by molar-refractivity contribution is 5.99. The van der Waals surface area contributed by atoms with E-state index in [2.05, 4.69) is 4.98 Å². The van der Waals surface area contributed by atoms with Crippen molar-refractivity contribution in [1.29, 1.82) is 0 Å². The third kappa shape index (κ3) is 2.45. The van der Waals surface area contributed by atoms with Gasteiger partial charge in [-0.1, -0.05) is 12.1 Å². The number of nitrogens with zero attached hydrogens (tertiary/aromatic N) is 1. The van der Waals surface area contributed by atoms with Crippen LogP contribution in [0.2, 0.25) is 0 Å². The summed E-state index contributed by atoms with van der Waals surface area (Å²) >= 11 is 0. The van der Waals surface area contributed by atoms with Crippen LogP contribution in [0.1, 0.15) is 21.7 Å². The lowest BCUT2D eigenvalue weighted by Gasteiger charge is -2.07. The van der Waals surface area contributed by atoms with E-state index in [1.807, 2.05) is 24.3 Å². The molecule has 5 heteroatoms. The molecule has 0 saturated heterocycles. The lowest BCUT2D eigenvalue weighted by Crippen LogP contribution is -2.10. The number of benzene rings is 1. The molecule has 0 fully saturated rings. The van der Waals surface area contributed by atoms with Crippen molar-refractivity contribution in [2.24, 2.45) is 5.73 Å². The largest absolute Gasteiger partial charge is 0.488 e. The van der Waals surface area contributed by atoms with E-state index in [1.165, 1.54) is 0 Å². The quantitative estimate of drug-likeness (QED) is 0.798. The average Bonchev–Trinajstić information content (AvgIpc) is 2.84. The summed E-state index contributed by atoms with van der Waals surface area (Å²) in [6, 6.07) is 9.23. The van der Waals surface area contributed by atoms with Crippen molar-refractivity contribution in [2.75, 3.05) is 0 Å². The van der Waals surface area contributed by atoms with Crippen molar-refractivity contribution < 1.29 is 13.9 Å². The summed E-state index contributed by atoms with van der Waals surface area (Å²) in [6.45, 7) is 2.19. The van der Waals surface area contributed by atoms with E-state index in [0.29, 0.717) is 23.5 Å². The topological polar surface area (TPSA) is 78.4 Å². The first-order valence-electron chi connectivity index (χ1n) is 6.50. The van der Waals surface area contributed by atoms with Crippen LogP contribution in [0.15, 0.2) is 47.1 Å². The van der Waals surface area contributed by atoms with Crippen molar-refractivity contribution in [2.45, 2.75) is 13.5 Å². The molecule has 3 aromatic rings. The Morgan fingerprint density at radius 2 is 2.19 bits per heavy atom. The monoisotopic (exact) mass is 282 g/mol. The van der Waals surface area contributed by atoms with Crippen LogP contribution < -0.4 is 10.5 Å². The minimum Gasteiger partial charge on any atom is -0.488 e. The van der Waals surface area contributed by atoms with Crippen molar-refractivity contribution >= 4 is 16.9 Å². The molecule has 1 amide bonds. The Bertz CT molecular complexity index is 794. The summed E-state index contributed by atoms with van der Waals surface area (Å²) in [6.07, 6.45) is 3.46. The molecule has 2 N–H and O–H groups in total. The predicted octanol–water partition coefficient (Wildman–Crippen LogP) is 2.81. The van der Waals surface area contributed by atoms with Crippen LogP contribution in [-0.2, 0) is 6.61 Å². The van der Waals surface area contributed by atoms with Crippen LogP contribution in [-0.4, -0.2) is 10.9 Å². The second-order valence-corrected chi connectivity index (χ2v) is 4.70. The molecule has 0 atom stereocenters. The number of nitrogens with two attached hydrogens (primary N) is 1. The van der Waals surface area contributed by atoms with Gasteiger partial charge in [-0.2, -0.15) is 0 Å². The first-order valence-corrected chi connectivity index (χ1v) is 6.50. The minimum absolute atomic E-state index is 0.169. The molecular formula is C16H14N2O3. The first-order chi connectivity index (χ1) is 10.2. The Hall–Kier alpha value is -2.82. The van der Waals surface area contributed by atoms with Crippen molar-refractivity contribution in [3.8, 4) is 5.75 Å². The number of carbonyl (C=O) groups excluding carboxylic acids is 1. The number of aromatic nitrogens is 1. The molecule has 0 saturated carbocycles. The SMILES string of the molecule is Cc1c(C(N)=O)oc2cccc(OCc3cccnc3)c12. The third-order valence-corrected chi connectivity index (χ3v) is 3.26. The van der Waals surface area contributed by atoms with Gasteiger partial charge in [0.2, 0.25) is 0 Å². The third-order valence-electron chi connectivity index (χ3n) is 3.26. The number of fused-ring (bicyclic) bond motifs is 1. The van der Waals surface area contributed by atoms with E-state index >= 15 is 0 Å². The summed E-state index contributed by atoms with van der Waals surface area (Å²) < 4.78 is 11.3. The Morgan fingerprint density at radius 3 is 2.90 bits per heavy atom. The number of ether oxygens (including phenoxy) is 1. The highest BCUT2D eigenvalue weighted by atomic mass is 16.5. The summed E-state index contributed by atoms with van der Waals surface area (Å²) in [5.41, 5.74) is 7.56. The van der Waals surface area contributed by atoms with Crippen LogP contribution >= 0.6 is 0 Å². The molecule has 5 nitrogen and oxygen atoms in total. The number of aryl methyl sites for hydroxylation is 1. The van der Waals surface area contributed by atoms with Crippen LogP contribution in [0.25, 0.3) is 11.0 Å². The fourth-order valence-electron chi connectivity index (χ4n) is 2.27. The molecule has 2 heterocycles. The fraction of sp³-hybridized carbons (Fsp3) is 0.125. The summed E-state index contributed by atoms with van der Waals surface area (Å²) in [7, 11) is 0. The molecule has 0 spiro atoms. The van der Waals surface area contributed by atoms with Gasteiger partial charge in [-0.25, -0.2) is 0 Å². The Kier molecular flexibility index (Phi) is 3.31. The maximum atomic E-state index is 11.4. The number of rotatable bonds is 4. The lowest BCUT2D eigenvalue weighted by atomic mass is 10.1. The summed E-state index contributed by atoms with van der Waals surface area (Å²) in [5.74, 6) is 0.245. The minimum atomic E-state index is -0.582. The molecule has 0 unspecified atom stereocenters. The van der Waals surface area contributed by atoms with E-state index in [9.17, 15) is 4.79 Å². The van der Waals surface area contributed by atoms with E-state index in [-0.39, 0.29) is 5.76 Å². The molecule has 2 aromatic heterocycles. The number of carbonyl (C=O) groups is 1. The molecular weight excluding hydrogens is 268 g/mol. The van der Waals surface area contributed by atoms with Crippen LogP contribution in [0, 0.1) is 6.92 Å². The number of pyridine rings is 1. The van der Waals surface area contributed by atoms with Gasteiger partial charge in [-0.15, -0.1) is 0 Å². The zero-order chi connectivity index (χ0) is 14.8. The van der Waals surface area contributed by atoms with Gasteiger partial charge in [0.25, 0.3) is 5.91 Å². The van der Waals surface area contributed by atoms with Gasteiger partial charge in [-0.3, -0.25) is 9.78 Å². The highest BCUT2D eigenvalue weighted by Crippen LogP contribution is 2.33. The normalized spacial score (nSPS) is 10.7. The molecule has 0 bridgehead atoms. The lowest BCUT2D eigenvalue weighted by molar-refractivity contribution is 0.0975. The van der Waals surface area contributed by atoms with Gasteiger partial charge < -0.3 is 14.9 Å². The molecule has 1 aromatic carbocycles. The predicted molar refractivity (Wildman–Crippen MR) is 78.0 cm³/mol. The van der Waals surface area contributed by atoms with Gasteiger partial charge >= 0.3 is 0 Å². The maximum absolute atomic E-state index is 11.4. The van der Waals surface area contributed by atoms with Crippen molar-refractivity contribution in [1.82, 2.24) is 4.98 Å². The standard InChI is InChI=1S/C16H14N2O3/c1-10-14-12(20-9-11-4-3-7-18-8-11)5-2-6-13(14)21-15(10)16(17)19/h2-8H,9H2,1H3,(H2,17,19). The first kappa shape index (κ1) is 13.2. The van der Waals surface area contributed by atoms with Gasteiger partial charge in [0.1, 0.15) is 17.9 Å². The molecule has 0 radical (unpaired) electrons. The second kappa shape index (κ2) is 5.28. The Labute approximate surface area is 121 Å². The molecule has 106 valence electrons. The Morgan fingerprint density at radius 1 is 1.33 bits per heavy atom. The maximum Gasteiger partial charge on any atom is 0.284 e. The van der Waals surface area contributed by atoms with E-state index in [1.54, 1.807) is 25.4 Å².